The van der Waals surface area contributed by atoms with Crippen LogP contribution in [0.2, 0.25) is 10.0 Å². The number of carbonyl (C=O) groups excluding carboxylic acids is 1. The Balaban J connectivity index is 2.06. The Labute approximate surface area is 132 Å². The number of urea groups is 1. The van der Waals surface area contributed by atoms with Gasteiger partial charge in [0.05, 0.1) is 21.7 Å². The molecular weight excluding hydrogens is 315 g/mol. The highest BCUT2D eigenvalue weighted by Crippen LogP contribution is 2.33. The number of carboxylic acid groups (broad SMARTS) is 1. The largest absolute Gasteiger partial charge is 0.481 e. The van der Waals surface area contributed by atoms with E-state index in [1.165, 1.54) is 0 Å². The third-order valence-electron chi connectivity index (χ3n) is 3.67. The lowest BCUT2D eigenvalue weighted by Crippen LogP contribution is -2.42. The summed E-state index contributed by atoms with van der Waals surface area (Å²) in [4.78, 5) is 23.1. The number of carboxylic acids is 1. The summed E-state index contributed by atoms with van der Waals surface area (Å²) in [5.74, 6) is -1.43. The fourth-order valence-electron chi connectivity index (χ4n) is 2.52. The summed E-state index contributed by atoms with van der Waals surface area (Å²) in [6.45, 7) is 1.80. The van der Waals surface area contributed by atoms with E-state index in [0.717, 1.165) is 12.0 Å². The van der Waals surface area contributed by atoms with Crippen LogP contribution in [0.25, 0.3) is 0 Å². The summed E-state index contributed by atoms with van der Waals surface area (Å²) in [6, 6.07) is 2.53. The van der Waals surface area contributed by atoms with E-state index >= 15 is 0 Å². The lowest BCUT2D eigenvalue weighted by atomic mass is 10.0. The van der Waals surface area contributed by atoms with Gasteiger partial charge in [0.2, 0.25) is 0 Å². The number of carbonyl (C=O) groups is 2. The second-order valence-corrected chi connectivity index (χ2v) is 5.92. The molecule has 1 saturated carbocycles. The highest BCUT2D eigenvalue weighted by atomic mass is 35.5. The van der Waals surface area contributed by atoms with E-state index in [1.807, 2.05) is 0 Å². The molecular formula is C14H16Cl2N2O3. The molecule has 1 aromatic rings. The van der Waals surface area contributed by atoms with Gasteiger partial charge in [-0.25, -0.2) is 4.79 Å². The summed E-state index contributed by atoms with van der Waals surface area (Å²) >= 11 is 12.1. The standard InChI is InChI=1S/C14H16Cl2N2O3/c1-7-5-6-9(15)12(11(7)16)18-14(21)17-10-4-2-3-8(10)13(19)20/h5-6,8,10H,2-4H2,1H3,(H,19,20)(H2,17,18,21). The predicted octanol–water partition coefficient (Wildman–Crippen LogP) is 3.68. The fraction of sp³-hybridized carbons (Fsp3) is 0.429. The van der Waals surface area contributed by atoms with Crippen LogP contribution in [0.3, 0.4) is 0 Å². The van der Waals surface area contributed by atoms with Crippen LogP contribution in [0.5, 0.6) is 0 Å². The predicted molar refractivity (Wildman–Crippen MR) is 82.1 cm³/mol. The van der Waals surface area contributed by atoms with E-state index < -0.39 is 17.9 Å². The topological polar surface area (TPSA) is 78.4 Å². The number of rotatable bonds is 3. The molecule has 0 aliphatic heterocycles. The van der Waals surface area contributed by atoms with Crippen molar-refractivity contribution in [1.82, 2.24) is 5.32 Å². The van der Waals surface area contributed by atoms with Gasteiger partial charge in [-0.05, 0) is 31.4 Å². The molecule has 2 unspecified atom stereocenters. The number of nitrogens with one attached hydrogen (secondary N) is 2. The molecule has 21 heavy (non-hydrogen) atoms. The summed E-state index contributed by atoms with van der Waals surface area (Å²) in [5, 5.41) is 15.1. The molecule has 3 N–H and O–H groups in total. The number of aliphatic carboxylic acids is 1. The minimum Gasteiger partial charge on any atom is -0.481 e. The maximum Gasteiger partial charge on any atom is 0.319 e. The van der Waals surface area contributed by atoms with E-state index in [2.05, 4.69) is 10.6 Å². The molecule has 1 aromatic carbocycles. The Morgan fingerprint density at radius 1 is 1.29 bits per heavy atom. The molecule has 2 amide bonds. The van der Waals surface area contributed by atoms with Crippen molar-refractivity contribution in [1.29, 1.82) is 0 Å². The van der Waals surface area contributed by atoms with Crippen molar-refractivity contribution >= 4 is 40.9 Å². The first-order valence-corrected chi connectivity index (χ1v) is 7.40. The highest BCUT2D eigenvalue weighted by molar-refractivity contribution is 6.40. The lowest BCUT2D eigenvalue weighted by molar-refractivity contribution is -0.142. The number of amides is 2. The van der Waals surface area contributed by atoms with Gasteiger partial charge in [0.25, 0.3) is 0 Å². The van der Waals surface area contributed by atoms with Crippen molar-refractivity contribution in [3.8, 4) is 0 Å². The molecule has 5 nitrogen and oxygen atoms in total. The zero-order chi connectivity index (χ0) is 15.6. The number of aryl methyl sites for hydroxylation is 1. The first kappa shape index (κ1) is 15.9. The average Bonchev–Trinajstić information content (AvgIpc) is 2.87. The van der Waals surface area contributed by atoms with Crippen LogP contribution in [0.15, 0.2) is 12.1 Å². The SMILES string of the molecule is Cc1ccc(Cl)c(NC(=O)NC2CCCC2C(=O)O)c1Cl. The molecule has 0 aromatic heterocycles. The van der Waals surface area contributed by atoms with Crippen molar-refractivity contribution < 1.29 is 14.7 Å². The zero-order valence-electron chi connectivity index (χ0n) is 11.5. The zero-order valence-corrected chi connectivity index (χ0v) is 13.0. The summed E-state index contributed by atoms with van der Waals surface area (Å²) in [7, 11) is 0. The lowest BCUT2D eigenvalue weighted by Gasteiger charge is -2.19. The molecule has 2 atom stereocenters. The maximum atomic E-state index is 12.0. The van der Waals surface area contributed by atoms with Crippen LogP contribution in [0.4, 0.5) is 10.5 Å². The number of hydrogen-bond acceptors (Lipinski definition) is 2. The first-order valence-electron chi connectivity index (χ1n) is 6.65. The molecule has 1 aliphatic rings. The van der Waals surface area contributed by atoms with E-state index in [9.17, 15) is 9.59 Å². The van der Waals surface area contributed by atoms with Crippen LogP contribution in [-0.4, -0.2) is 23.1 Å². The number of hydrogen-bond donors (Lipinski definition) is 3. The van der Waals surface area contributed by atoms with Crippen molar-refractivity contribution in [2.75, 3.05) is 5.32 Å². The van der Waals surface area contributed by atoms with Gasteiger partial charge in [-0.1, -0.05) is 35.7 Å². The van der Waals surface area contributed by atoms with Gasteiger partial charge in [-0.3, -0.25) is 4.79 Å². The summed E-state index contributed by atoms with van der Waals surface area (Å²) in [5.41, 5.74) is 1.13. The van der Waals surface area contributed by atoms with E-state index in [4.69, 9.17) is 28.3 Å². The van der Waals surface area contributed by atoms with Gasteiger partial charge in [0.1, 0.15) is 0 Å². The summed E-state index contributed by atoms with van der Waals surface area (Å²) < 4.78 is 0. The Kier molecular flexibility index (Phi) is 4.96. The molecule has 0 heterocycles. The second kappa shape index (κ2) is 6.54. The normalized spacial score (nSPS) is 21.1. The average molecular weight is 331 g/mol. The third-order valence-corrected chi connectivity index (χ3v) is 4.47. The molecule has 2 rings (SSSR count). The molecule has 0 spiro atoms. The van der Waals surface area contributed by atoms with Crippen molar-refractivity contribution in [2.24, 2.45) is 5.92 Å². The van der Waals surface area contributed by atoms with Gasteiger partial charge in [0.15, 0.2) is 0 Å². The van der Waals surface area contributed by atoms with E-state index in [1.54, 1.807) is 19.1 Å². The molecule has 1 aliphatic carbocycles. The number of anilines is 1. The number of halogens is 2. The Morgan fingerprint density at radius 2 is 2.00 bits per heavy atom. The van der Waals surface area contributed by atoms with Crippen LogP contribution >= 0.6 is 23.2 Å². The fourth-order valence-corrected chi connectivity index (χ4v) is 2.98. The highest BCUT2D eigenvalue weighted by Gasteiger charge is 2.34. The van der Waals surface area contributed by atoms with Crippen LogP contribution in [-0.2, 0) is 4.79 Å². The minimum absolute atomic E-state index is 0.334. The van der Waals surface area contributed by atoms with E-state index in [-0.39, 0.29) is 6.04 Å². The van der Waals surface area contributed by atoms with Crippen LogP contribution < -0.4 is 10.6 Å². The van der Waals surface area contributed by atoms with Crippen molar-refractivity contribution in [3.63, 3.8) is 0 Å². The Hall–Kier alpha value is -1.46. The van der Waals surface area contributed by atoms with Crippen LogP contribution in [0, 0.1) is 12.8 Å². The van der Waals surface area contributed by atoms with Crippen molar-refractivity contribution in [2.45, 2.75) is 32.2 Å². The molecule has 1 fully saturated rings. The monoisotopic (exact) mass is 330 g/mol. The Morgan fingerprint density at radius 3 is 2.67 bits per heavy atom. The quantitative estimate of drug-likeness (QED) is 0.791. The second-order valence-electron chi connectivity index (χ2n) is 5.13. The summed E-state index contributed by atoms with van der Waals surface area (Å²) in [6.07, 6.45) is 2.01. The van der Waals surface area contributed by atoms with Gasteiger partial charge in [0, 0.05) is 6.04 Å². The number of benzene rings is 1. The van der Waals surface area contributed by atoms with Gasteiger partial charge < -0.3 is 15.7 Å². The Bertz CT molecular complexity index is 578. The van der Waals surface area contributed by atoms with Gasteiger partial charge >= 0.3 is 12.0 Å². The molecule has 7 heteroatoms. The molecule has 0 bridgehead atoms. The molecule has 0 radical (unpaired) electrons. The third kappa shape index (κ3) is 3.60. The minimum atomic E-state index is -0.885. The van der Waals surface area contributed by atoms with Gasteiger partial charge in [-0.15, -0.1) is 0 Å². The smallest absolute Gasteiger partial charge is 0.319 e. The van der Waals surface area contributed by atoms with Crippen LogP contribution in [0.1, 0.15) is 24.8 Å². The van der Waals surface area contributed by atoms with Crippen molar-refractivity contribution in [3.05, 3.63) is 27.7 Å². The maximum absolute atomic E-state index is 12.0. The molecule has 114 valence electrons. The first-order chi connectivity index (χ1) is 9.90. The van der Waals surface area contributed by atoms with E-state index in [0.29, 0.717) is 28.6 Å². The molecule has 0 saturated heterocycles. The van der Waals surface area contributed by atoms with Gasteiger partial charge in [-0.2, -0.15) is 0 Å².